The fraction of sp³-hybridized carbons (Fsp3) is 0.571. The van der Waals surface area contributed by atoms with Crippen LogP contribution in [-0.4, -0.2) is 66.1 Å². The van der Waals surface area contributed by atoms with Gasteiger partial charge in [0.05, 0.1) is 20.2 Å². The third-order valence-corrected chi connectivity index (χ3v) is 6.39. The highest BCUT2D eigenvalue weighted by molar-refractivity contribution is 5.85. The van der Waals surface area contributed by atoms with Gasteiger partial charge in [-0.05, 0) is 56.0 Å². The molecule has 194 valence electrons. The molecule has 1 heterocycles. The topological polar surface area (TPSA) is 64.0 Å². The lowest BCUT2D eigenvalue weighted by atomic mass is 10.2. The van der Waals surface area contributed by atoms with E-state index in [2.05, 4.69) is 37.5 Å². The molecule has 7 nitrogen and oxygen atoms in total. The van der Waals surface area contributed by atoms with E-state index in [-0.39, 0.29) is 24.4 Å². The smallest absolute Gasteiger partial charge is 0.242 e. The minimum Gasteiger partial charge on any atom is -0.497 e. The van der Waals surface area contributed by atoms with Gasteiger partial charge in [-0.1, -0.05) is 32.4 Å². The molecule has 1 aromatic carbocycles. The molecule has 0 bridgehead atoms. The number of carbonyl (C=O) groups is 2. The summed E-state index contributed by atoms with van der Waals surface area (Å²) in [6.07, 6.45) is 5.86. The predicted octanol–water partition coefficient (Wildman–Crippen LogP) is 4.73. The van der Waals surface area contributed by atoms with Crippen molar-refractivity contribution >= 4 is 11.8 Å². The average molecular weight is 486 g/mol. The van der Waals surface area contributed by atoms with Crippen LogP contribution in [0.1, 0.15) is 64.1 Å². The Morgan fingerprint density at radius 1 is 1.06 bits per heavy atom. The molecule has 0 saturated carbocycles. The number of rotatable bonds is 16. The number of benzene rings is 1. The van der Waals surface area contributed by atoms with Crippen LogP contribution >= 0.6 is 0 Å². The standard InChI is InChI=1S/C28H43N3O4/c1-6-8-15-27(32)30(17-11-18-34-4)22-28(33)31(23(3)7-2)21-25-13-10-16-29(25)20-24-12-9-14-26(19-24)35-5/h9-10,12-14,16,19,23H,6-8,11,15,17-18,20-22H2,1-5H3. The zero-order valence-corrected chi connectivity index (χ0v) is 22.2. The minimum absolute atomic E-state index is 0.0178. The van der Waals surface area contributed by atoms with E-state index in [9.17, 15) is 9.59 Å². The summed E-state index contributed by atoms with van der Waals surface area (Å²) in [7, 11) is 3.32. The molecule has 1 aromatic heterocycles. The van der Waals surface area contributed by atoms with Crippen molar-refractivity contribution in [1.82, 2.24) is 14.4 Å². The SMILES string of the molecule is CCCCC(=O)N(CCCOC)CC(=O)N(Cc1cccn1Cc1cccc(OC)c1)C(C)CC. The van der Waals surface area contributed by atoms with Crippen LogP contribution in [0.25, 0.3) is 0 Å². The Morgan fingerprint density at radius 3 is 2.54 bits per heavy atom. The molecule has 1 unspecified atom stereocenters. The fourth-order valence-electron chi connectivity index (χ4n) is 4.03. The summed E-state index contributed by atoms with van der Waals surface area (Å²) in [4.78, 5) is 30.0. The van der Waals surface area contributed by atoms with Crippen molar-refractivity contribution in [2.24, 2.45) is 0 Å². The Kier molecular flexibility index (Phi) is 12.4. The maximum atomic E-state index is 13.5. The van der Waals surface area contributed by atoms with Gasteiger partial charge in [0.2, 0.25) is 11.8 Å². The van der Waals surface area contributed by atoms with Crippen molar-refractivity contribution in [2.75, 3.05) is 33.9 Å². The van der Waals surface area contributed by atoms with Crippen LogP contribution in [0, 0.1) is 0 Å². The molecule has 7 heteroatoms. The summed E-state index contributed by atoms with van der Waals surface area (Å²) in [6, 6.07) is 12.2. The molecule has 0 radical (unpaired) electrons. The van der Waals surface area contributed by atoms with Gasteiger partial charge in [-0.25, -0.2) is 0 Å². The number of ether oxygens (including phenoxy) is 2. The molecule has 1 atom stereocenters. The van der Waals surface area contributed by atoms with Crippen LogP contribution in [0.3, 0.4) is 0 Å². The van der Waals surface area contributed by atoms with E-state index in [1.54, 1.807) is 19.1 Å². The summed E-state index contributed by atoms with van der Waals surface area (Å²) >= 11 is 0. The van der Waals surface area contributed by atoms with Gasteiger partial charge in [-0.2, -0.15) is 0 Å². The molecule has 2 rings (SSSR count). The Bertz CT molecular complexity index is 911. The molecule has 0 aliphatic rings. The molecular formula is C28H43N3O4. The number of nitrogens with zero attached hydrogens (tertiary/aromatic N) is 3. The maximum Gasteiger partial charge on any atom is 0.242 e. The Hall–Kier alpha value is -2.80. The van der Waals surface area contributed by atoms with Crippen LogP contribution in [-0.2, 0) is 27.4 Å². The number of aromatic nitrogens is 1. The zero-order valence-electron chi connectivity index (χ0n) is 22.2. The van der Waals surface area contributed by atoms with Crippen LogP contribution < -0.4 is 4.74 Å². The number of hydrogen-bond donors (Lipinski definition) is 0. The van der Waals surface area contributed by atoms with E-state index in [0.717, 1.165) is 36.3 Å². The molecule has 0 saturated heterocycles. The van der Waals surface area contributed by atoms with Gasteiger partial charge in [0.15, 0.2) is 0 Å². The largest absolute Gasteiger partial charge is 0.497 e. The summed E-state index contributed by atoms with van der Waals surface area (Å²) in [5, 5.41) is 0. The van der Waals surface area contributed by atoms with Crippen molar-refractivity contribution in [3.8, 4) is 5.75 Å². The Balaban J connectivity index is 2.16. The Labute approximate surface area is 211 Å². The molecule has 0 fully saturated rings. The Morgan fingerprint density at radius 2 is 1.86 bits per heavy atom. The molecule has 0 spiro atoms. The van der Waals surface area contributed by atoms with Gasteiger partial charge in [0, 0.05) is 51.2 Å². The van der Waals surface area contributed by atoms with Gasteiger partial charge >= 0.3 is 0 Å². The van der Waals surface area contributed by atoms with Crippen molar-refractivity contribution in [2.45, 2.75) is 72.0 Å². The first-order valence-electron chi connectivity index (χ1n) is 12.8. The molecule has 2 amide bonds. The van der Waals surface area contributed by atoms with Gasteiger partial charge in [-0.3, -0.25) is 9.59 Å². The van der Waals surface area contributed by atoms with Crippen molar-refractivity contribution in [1.29, 1.82) is 0 Å². The van der Waals surface area contributed by atoms with Gasteiger partial charge in [0.1, 0.15) is 5.75 Å². The van der Waals surface area contributed by atoms with E-state index in [4.69, 9.17) is 9.47 Å². The first-order chi connectivity index (χ1) is 16.9. The normalized spacial score (nSPS) is 11.8. The second kappa shape index (κ2) is 15.2. The first-order valence-corrected chi connectivity index (χ1v) is 12.8. The third kappa shape index (κ3) is 9.06. The van der Waals surface area contributed by atoms with Gasteiger partial charge in [-0.15, -0.1) is 0 Å². The summed E-state index contributed by atoms with van der Waals surface area (Å²) in [6.45, 7) is 8.62. The van der Waals surface area contributed by atoms with Crippen LogP contribution in [0.15, 0.2) is 42.6 Å². The van der Waals surface area contributed by atoms with E-state index < -0.39 is 0 Å². The first kappa shape index (κ1) is 28.4. The lowest BCUT2D eigenvalue weighted by Gasteiger charge is -2.32. The summed E-state index contributed by atoms with van der Waals surface area (Å²) in [5.74, 6) is 0.853. The molecule has 0 N–H and O–H groups in total. The van der Waals surface area contributed by atoms with Crippen molar-refractivity contribution in [3.63, 3.8) is 0 Å². The van der Waals surface area contributed by atoms with Crippen LogP contribution in [0.2, 0.25) is 0 Å². The third-order valence-electron chi connectivity index (χ3n) is 6.39. The molecule has 0 aliphatic heterocycles. The van der Waals surface area contributed by atoms with E-state index in [0.29, 0.717) is 39.1 Å². The van der Waals surface area contributed by atoms with Crippen LogP contribution in [0.5, 0.6) is 5.75 Å². The van der Waals surface area contributed by atoms with Crippen molar-refractivity contribution in [3.05, 3.63) is 53.9 Å². The molecular weight excluding hydrogens is 442 g/mol. The number of amides is 2. The lowest BCUT2D eigenvalue weighted by molar-refractivity contribution is -0.142. The van der Waals surface area contributed by atoms with E-state index >= 15 is 0 Å². The maximum absolute atomic E-state index is 13.5. The van der Waals surface area contributed by atoms with Crippen LogP contribution in [0.4, 0.5) is 0 Å². The number of unbranched alkanes of at least 4 members (excludes halogenated alkanes) is 1. The second-order valence-electron chi connectivity index (χ2n) is 9.02. The van der Waals surface area contributed by atoms with Gasteiger partial charge in [0.25, 0.3) is 0 Å². The highest BCUT2D eigenvalue weighted by atomic mass is 16.5. The summed E-state index contributed by atoms with van der Waals surface area (Å²) in [5.41, 5.74) is 2.19. The predicted molar refractivity (Wildman–Crippen MR) is 139 cm³/mol. The molecule has 35 heavy (non-hydrogen) atoms. The molecule has 2 aromatic rings. The number of carbonyl (C=O) groups excluding carboxylic acids is 2. The van der Waals surface area contributed by atoms with E-state index in [1.165, 1.54) is 0 Å². The molecule has 0 aliphatic carbocycles. The second-order valence-corrected chi connectivity index (χ2v) is 9.02. The lowest BCUT2D eigenvalue weighted by Crippen LogP contribution is -2.46. The number of hydrogen-bond acceptors (Lipinski definition) is 4. The quantitative estimate of drug-likeness (QED) is 0.323. The van der Waals surface area contributed by atoms with Crippen molar-refractivity contribution < 1.29 is 19.1 Å². The average Bonchev–Trinajstić information content (AvgIpc) is 3.31. The zero-order chi connectivity index (χ0) is 25.6. The highest BCUT2D eigenvalue weighted by Crippen LogP contribution is 2.18. The highest BCUT2D eigenvalue weighted by Gasteiger charge is 2.24. The monoisotopic (exact) mass is 485 g/mol. The fourth-order valence-corrected chi connectivity index (χ4v) is 4.03. The van der Waals surface area contributed by atoms with Gasteiger partial charge < -0.3 is 23.8 Å². The number of methoxy groups -OCH3 is 2. The minimum atomic E-state index is -0.0178. The summed E-state index contributed by atoms with van der Waals surface area (Å²) < 4.78 is 12.7. The van der Waals surface area contributed by atoms with E-state index in [1.807, 2.05) is 35.4 Å².